The first-order valence-electron chi connectivity index (χ1n) is 6.09. The number of benzene rings is 1. The van der Waals surface area contributed by atoms with E-state index in [2.05, 4.69) is 4.98 Å². The van der Waals surface area contributed by atoms with Gasteiger partial charge < -0.3 is 24.5 Å². The third-order valence-electron chi connectivity index (χ3n) is 2.75. The summed E-state index contributed by atoms with van der Waals surface area (Å²) in [4.78, 5) is 13.5. The molecule has 1 N–H and O–H groups in total. The first-order chi connectivity index (χ1) is 9.56. The fraction of sp³-hybridized carbons (Fsp3) is 0.308. The van der Waals surface area contributed by atoms with Crippen LogP contribution in [0.1, 0.15) is 5.56 Å². The molecule has 0 aliphatic rings. The van der Waals surface area contributed by atoms with Gasteiger partial charge >= 0.3 is 5.82 Å². The van der Waals surface area contributed by atoms with E-state index >= 15 is 0 Å². The minimum Gasteiger partial charge on any atom is -0.491 e. The zero-order chi connectivity index (χ0) is 14.5. The summed E-state index contributed by atoms with van der Waals surface area (Å²) in [5.41, 5.74) is 0.984. The molecule has 0 radical (unpaired) electrons. The number of hydrogen-bond donors (Lipinski definition) is 1. The van der Waals surface area contributed by atoms with Crippen molar-refractivity contribution in [3.8, 4) is 5.75 Å². The first-order valence-corrected chi connectivity index (χ1v) is 6.09. The lowest BCUT2D eigenvalue weighted by Gasteiger charge is -2.13. The zero-order valence-electron chi connectivity index (χ0n) is 11.0. The van der Waals surface area contributed by atoms with Crippen molar-refractivity contribution < 1.29 is 14.8 Å². The van der Waals surface area contributed by atoms with Crippen molar-refractivity contribution in [2.75, 3.05) is 6.61 Å². The van der Waals surface area contributed by atoms with Crippen LogP contribution in [-0.4, -0.2) is 32.3 Å². The Balaban J connectivity index is 1.87. The molecule has 0 spiro atoms. The standard InChI is InChI=1S/C13H15N3O4/c1-10-4-2-3-5-12(10)20-8-11(17)6-15-7-13(14-9-15)16(18)19/h2-5,7,9,11,17H,6,8H2,1H3. The number of nitro groups is 1. The van der Waals surface area contributed by atoms with Crippen LogP contribution in [0.4, 0.5) is 5.82 Å². The van der Waals surface area contributed by atoms with E-state index in [1.165, 1.54) is 17.1 Å². The molecule has 0 aliphatic heterocycles. The molecule has 0 saturated carbocycles. The summed E-state index contributed by atoms with van der Waals surface area (Å²) in [7, 11) is 0. The van der Waals surface area contributed by atoms with Crippen LogP contribution in [0.2, 0.25) is 0 Å². The van der Waals surface area contributed by atoms with Gasteiger partial charge in [0.25, 0.3) is 0 Å². The molecule has 20 heavy (non-hydrogen) atoms. The maximum Gasteiger partial charge on any atom is 0.381 e. The maximum absolute atomic E-state index is 10.5. The van der Waals surface area contributed by atoms with Gasteiger partial charge in [-0.3, -0.25) is 0 Å². The van der Waals surface area contributed by atoms with E-state index in [1.54, 1.807) is 0 Å². The van der Waals surface area contributed by atoms with Gasteiger partial charge in [0.15, 0.2) is 0 Å². The molecule has 0 fully saturated rings. The van der Waals surface area contributed by atoms with E-state index < -0.39 is 11.0 Å². The highest BCUT2D eigenvalue weighted by molar-refractivity contribution is 5.31. The smallest absolute Gasteiger partial charge is 0.381 e. The summed E-state index contributed by atoms with van der Waals surface area (Å²) >= 11 is 0. The Hall–Kier alpha value is -2.41. The summed E-state index contributed by atoms with van der Waals surface area (Å²) in [5.74, 6) is 0.472. The number of imidazole rings is 1. The van der Waals surface area contributed by atoms with Crippen molar-refractivity contribution in [3.05, 3.63) is 52.5 Å². The third-order valence-corrected chi connectivity index (χ3v) is 2.75. The SMILES string of the molecule is Cc1ccccc1OCC(O)Cn1cnc([N+](=O)[O-])c1. The minimum absolute atomic E-state index is 0.108. The van der Waals surface area contributed by atoms with Crippen LogP contribution in [0.3, 0.4) is 0 Å². The number of nitrogens with zero attached hydrogens (tertiary/aromatic N) is 3. The molecule has 0 bridgehead atoms. The van der Waals surface area contributed by atoms with Crippen molar-refractivity contribution in [1.29, 1.82) is 0 Å². The molecular weight excluding hydrogens is 262 g/mol. The summed E-state index contributed by atoms with van der Waals surface area (Å²) in [6, 6.07) is 7.50. The number of aliphatic hydroxyl groups is 1. The average Bonchev–Trinajstić information content (AvgIpc) is 2.86. The second-order valence-electron chi connectivity index (χ2n) is 4.42. The summed E-state index contributed by atoms with van der Waals surface area (Å²) < 4.78 is 6.97. The van der Waals surface area contributed by atoms with Crippen molar-refractivity contribution in [2.24, 2.45) is 0 Å². The summed E-state index contributed by atoms with van der Waals surface area (Å²) in [5, 5.41) is 20.3. The topological polar surface area (TPSA) is 90.4 Å². The van der Waals surface area contributed by atoms with Crippen LogP contribution in [-0.2, 0) is 6.54 Å². The van der Waals surface area contributed by atoms with Gasteiger partial charge in [0.05, 0.1) is 6.54 Å². The fourth-order valence-electron chi connectivity index (χ4n) is 1.74. The predicted molar refractivity (Wildman–Crippen MR) is 71.6 cm³/mol. The van der Waals surface area contributed by atoms with E-state index in [0.717, 1.165) is 5.56 Å². The number of hydrogen-bond acceptors (Lipinski definition) is 5. The van der Waals surface area contributed by atoms with Crippen LogP contribution < -0.4 is 4.74 Å². The molecular formula is C13H15N3O4. The highest BCUT2D eigenvalue weighted by atomic mass is 16.6. The van der Waals surface area contributed by atoms with E-state index in [0.29, 0.717) is 5.75 Å². The van der Waals surface area contributed by atoms with E-state index in [-0.39, 0.29) is 19.0 Å². The second kappa shape index (κ2) is 6.16. The van der Waals surface area contributed by atoms with E-state index in [4.69, 9.17) is 4.74 Å². The molecule has 1 unspecified atom stereocenters. The fourth-order valence-corrected chi connectivity index (χ4v) is 1.74. The van der Waals surface area contributed by atoms with Gasteiger partial charge in [-0.25, -0.2) is 0 Å². The lowest BCUT2D eigenvalue weighted by molar-refractivity contribution is -0.389. The number of ether oxygens (including phenoxy) is 1. The second-order valence-corrected chi connectivity index (χ2v) is 4.42. The predicted octanol–water partition coefficient (Wildman–Crippen LogP) is 1.54. The lowest BCUT2D eigenvalue weighted by Crippen LogP contribution is -2.23. The maximum atomic E-state index is 10.5. The highest BCUT2D eigenvalue weighted by Crippen LogP contribution is 2.16. The quantitative estimate of drug-likeness (QED) is 0.639. The molecule has 7 nitrogen and oxygen atoms in total. The molecule has 1 aromatic carbocycles. The Labute approximate surface area is 115 Å². The Kier molecular flexibility index (Phi) is 4.31. The van der Waals surface area contributed by atoms with Crippen molar-refractivity contribution in [1.82, 2.24) is 9.55 Å². The Morgan fingerprint density at radius 3 is 2.90 bits per heavy atom. The molecule has 1 heterocycles. The van der Waals surface area contributed by atoms with Crippen LogP contribution in [0, 0.1) is 17.0 Å². The molecule has 0 saturated heterocycles. The molecule has 106 valence electrons. The van der Waals surface area contributed by atoms with Crippen LogP contribution in [0.5, 0.6) is 5.75 Å². The van der Waals surface area contributed by atoms with Gasteiger partial charge in [-0.15, -0.1) is 0 Å². The molecule has 1 atom stereocenters. The number of aliphatic hydroxyl groups excluding tert-OH is 1. The monoisotopic (exact) mass is 277 g/mol. The molecule has 2 rings (SSSR count). The van der Waals surface area contributed by atoms with Crippen molar-refractivity contribution >= 4 is 5.82 Å². The lowest BCUT2D eigenvalue weighted by atomic mass is 10.2. The molecule has 0 aliphatic carbocycles. The van der Waals surface area contributed by atoms with Crippen molar-refractivity contribution in [3.63, 3.8) is 0 Å². The minimum atomic E-state index is -0.775. The van der Waals surface area contributed by atoms with Gasteiger partial charge in [-0.2, -0.15) is 0 Å². The van der Waals surface area contributed by atoms with Crippen LogP contribution in [0.25, 0.3) is 0 Å². The summed E-state index contributed by atoms with van der Waals surface area (Å²) in [6.45, 7) is 2.21. The van der Waals surface area contributed by atoms with Crippen LogP contribution >= 0.6 is 0 Å². The van der Waals surface area contributed by atoms with Gasteiger partial charge in [0, 0.05) is 0 Å². The van der Waals surface area contributed by atoms with E-state index in [1.807, 2.05) is 31.2 Å². The van der Waals surface area contributed by atoms with Gasteiger partial charge in [0.2, 0.25) is 6.33 Å². The number of para-hydroxylation sites is 1. The number of aryl methyl sites for hydroxylation is 1. The third kappa shape index (κ3) is 3.55. The average molecular weight is 277 g/mol. The molecule has 2 aromatic rings. The Morgan fingerprint density at radius 1 is 1.50 bits per heavy atom. The summed E-state index contributed by atoms with van der Waals surface area (Å²) in [6.07, 6.45) is 1.81. The zero-order valence-corrected chi connectivity index (χ0v) is 11.0. The van der Waals surface area contributed by atoms with Gasteiger partial charge in [-0.05, 0) is 28.5 Å². The molecule has 7 heteroatoms. The largest absolute Gasteiger partial charge is 0.491 e. The number of aromatic nitrogens is 2. The molecule has 1 aromatic heterocycles. The highest BCUT2D eigenvalue weighted by Gasteiger charge is 2.13. The van der Waals surface area contributed by atoms with Gasteiger partial charge in [0.1, 0.15) is 24.7 Å². The Morgan fingerprint density at radius 2 is 2.25 bits per heavy atom. The van der Waals surface area contributed by atoms with E-state index in [9.17, 15) is 15.2 Å². The van der Waals surface area contributed by atoms with Gasteiger partial charge in [-0.1, -0.05) is 18.2 Å². The Bertz CT molecular complexity index is 597. The normalized spacial score (nSPS) is 12.1. The molecule has 0 amide bonds. The number of rotatable bonds is 6. The first kappa shape index (κ1) is 14.0. The van der Waals surface area contributed by atoms with Crippen molar-refractivity contribution in [2.45, 2.75) is 19.6 Å². The van der Waals surface area contributed by atoms with Crippen LogP contribution in [0.15, 0.2) is 36.8 Å².